The highest BCUT2D eigenvalue weighted by Gasteiger charge is 2.23. The molecule has 176 valence electrons. The van der Waals surface area contributed by atoms with Crippen molar-refractivity contribution in [3.8, 4) is 5.75 Å². The van der Waals surface area contributed by atoms with Crippen LogP contribution in [0.2, 0.25) is 0 Å². The van der Waals surface area contributed by atoms with Gasteiger partial charge in [0, 0.05) is 12.1 Å². The maximum Gasteiger partial charge on any atom is 0.225 e. The number of aliphatic hydroxyl groups is 2. The van der Waals surface area contributed by atoms with E-state index >= 15 is 0 Å². The minimum atomic E-state index is -0.892. The third-order valence-electron chi connectivity index (χ3n) is 5.44. The van der Waals surface area contributed by atoms with Crippen molar-refractivity contribution in [3.63, 3.8) is 0 Å². The van der Waals surface area contributed by atoms with Gasteiger partial charge in [-0.25, -0.2) is 4.98 Å². The minimum Gasteiger partial charge on any atom is -0.506 e. The topological polar surface area (TPSA) is 132 Å². The summed E-state index contributed by atoms with van der Waals surface area (Å²) in [5.41, 5.74) is 7.81. The number of β-amino-alcohol motifs (C(OH)–C–C–N with tert-alkyl or cyclic N) is 1. The van der Waals surface area contributed by atoms with Crippen LogP contribution >= 0.6 is 0 Å². The number of nitrogens with zero attached hydrogens (tertiary/aromatic N) is 2. The second-order valence-corrected chi connectivity index (χ2v) is 9.11. The zero-order chi connectivity index (χ0) is 23.9. The van der Waals surface area contributed by atoms with Crippen molar-refractivity contribution in [1.82, 2.24) is 15.2 Å². The highest BCUT2D eigenvalue weighted by Crippen LogP contribution is 2.24. The lowest BCUT2D eigenvalue weighted by atomic mass is 9.89. The van der Waals surface area contributed by atoms with Crippen molar-refractivity contribution in [1.29, 1.82) is 0 Å². The number of pyridine rings is 1. The Balaban J connectivity index is 2.04. The Kier molecular flexibility index (Phi) is 9.15. The lowest BCUT2D eigenvalue weighted by molar-refractivity contribution is -0.119. The molecule has 1 aromatic heterocycles. The van der Waals surface area contributed by atoms with Crippen LogP contribution in [-0.4, -0.2) is 63.8 Å². The van der Waals surface area contributed by atoms with Crippen LogP contribution in [0.25, 0.3) is 0 Å². The fourth-order valence-electron chi connectivity index (χ4n) is 3.64. The predicted octanol–water partition coefficient (Wildman–Crippen LogP) is 1.44. The van der Waals surface area contributed by atoms with Crippen LogP contribution in [0.3, 0.4) is 0 Å². The molecule has 0 radical (unpaired) electrons. The zero-order valence-corrected chi connectivity index (χ0v) is 19.4. The van der Waals surface area contributed by atoms with E-state index in [-0.39, 0.29) is 35.4 Å². The summed E-state index contributed by atoms with van der Waals surface area (Å²) < 4.78 is 0. The summed E-state index contributed by atoms with van der Waals surface area (Å²) in [5, 5.41) is 32.8. The lowest BCUT2D eigenvalue weighted by Crippen LogP contribution is -2.43. The molecular weight excluding hydrogens is 408 g/mol. The number of hydrogen-bond donors (Lipinski definition) is 5. The first-order chi connectivity index (χ1) is 15.0. The van der Waals surface area contributed by atoms with E-state index in [1.807, 2.05) is 57.1 Å². The first kappa shape index (κ1) is 25.7. The van der Waals surface area contributed by atoms with E-state index in [2.05, 4.69) is 10.3 Å². The van der Waals surface area contributed by atoms with Crippen LogP contribution in [-0.2, 0) is 17.8 Å². The molecule has 1 amide bonds. The number of carbonyl (C=O) groups is 1. The number of aromatic hydroxyl groups is 1. The van der Waals surface area contributed by atoms with Crippen molar-refractivity contribution in [2.75, 3.05) is 27.2 Å². The molecule has 0 saturated carbocycles. The molecule has 8 nitrogen and oxygen atoms in total. The Bertz CT molecular complexity index is 901. The number of benzene rings is 1. The van der Waals surface area contributed by atoms with E-state index in [0.717, 1.165) is 17.7 Å². The Labute approximate surface area is 190 Å². The summed E-state index contributed by atoms with van der Waals surface area (Å²) in [4.78, 5) is 18.2. The first-order valence-electron chi connectivity index (χ1n) is 10.8. The van der Waals surface area contributed by atoms with Crippen molar-refractivity contribution in [2.45, 2.75) is 50.9 Å². The van der Waals surface area contributed by atoms with Gasteiger partial charge < -0.3 is 31.3 Å². The number of rotatable bonds is 12. The van der Waals surface area contributed by atoms with Crippen LogP contribution in [0.15, 0.2) is 36.4 Å². The number of aromatic nitrogens is 1. The Hall–Kier alpha value is -2.52. The molecule has 0 saturated heterocycles. The van der Waals surface area contributed by atoms with Crippen molar-refractivity contribution in [3.05, 3.63) is 58.9 Å². The quantitative estimate of drug-likeness (QED) is 0.335. The second kappa shape index (κ2) is 11.4. The smallest absolute Gasteiger partial charge is 0.225 e. The Morgan fingerprint density at radius 3 is 2.59 bits per heavy atom. The fourth-order valence-corrected chi connectivity index (χ4v) is 3.64. The molecule has 1 heterocycles. The minimum absolute atomic E-state index is 0.100. The van der Waals surface area contributed by atoms with E-state index in [0.29, 0.717) is 18.5 Å². The molecular formula is C24H36N4O4. The molecule has 2 aromatic rings. The summed E-state index contributed by atoms with van der Waals surface area (Å²) in [6.45, 7) is 4.69. The molecule has 0 bridgehead atoms. The van der Waals surface area contributed by atoms with Gasteiger partial charge in [0.2, 0.25) is 5.91 Å². The van der Waals surface area contributed by atoms with Gasteiger partial charge in [-0.05, 0) is 70.6 Å². The van der Waals surface area contributed by atoms with Crippen LogP contribution < -0.4 is 11.1 Å². The van der Waals surface area contributed by atoms with E-state index in [9.17, 15) is 20.1 Å². The average Bonchev–Trinajstić information content (AvgIpc) is 2.72. The van der Waals surface area contributed by atoms with Crippen LogP contribution in [0.1, 0.15) is 54.8 Å². The largest absolute Gasteiger partial charge is 0.506 e. The third-order valence-corrected chi connectivity index (χ3v) is 5.44. The number of aliphatic hydroxyl groups excluding tert-OH is 2. The first-order valence-corrected chi connectivity index (χ1v) is 10.8. The number of nitrogens with two attached hydrogens (primary N) is 1. The van der Waals surface area contributed by atoms with Crippen molar-refractivity contribution in [2.24, 2.45) is 5.73 Å². The van der Waals surface area contributed by atoms with Crippen LogP contribution in [0, 0.1) is 0 Å². The van der Waals surface area contributed by atoms with Gasteiger partial charge >= 0.3 is 0 Å². The molecule has 2 unspecified atom stereocenters. The van der Waals surface area contributed by atoms with Gasteiger partial charge in [-0.2, -0.15) is 0 Å². The molecule has 6 N–H and O–H groups in total. The van der Waals surface area contributed by atoms with E-state index in [1.54, 1.807) is 0 Å². The highest BCUT2D eigenvalue weighted by atomic mass is 16.3. The molecule has 1 aromatic carbocycles. The third kappa shape index (κ3) is 7.56. The van der Waals surface area contributed by atoms with Gasteiger partial charge in [0.25, 0.3) is 0 Å². The average molecular weight is 445 g/mol. The van der Waals surface area contributed by atoms with Gasteiger partial charge in [0.05, 0.1) is 18.2 Å². The fraction of sp³-hybridized carbons (Fsp3) is 0.500. The summed E-state index contributed by atoms with van der Waals surface area (Å²) in [6, 6.07) is 10.9. The molecule has 2 atom stereocenters. The van der Waals surface area contributed by atoms with Gasteiger partial charge in [0.15, 0.2) is 0 Å². The second-order valence-electron chi connectivity index (χ2n) is 9.11. The Morgan fingerprint density at radius 2 is 1.97 bits per heavy atom. The van der Waals surface area contributed by atoms with E-state index in [4.69, 9.17) is 5.73 Å². The molecule has 8 heteroatoms. The molecule has 32 heavy (non-hydrogen) atoms. The summed E-state index contributed by atoms with van der Waals surface area (Å²) >= 11 is 0. The molecule has 0 aliphatic heterocycles. The monoisotopic (exact) mass is 444 g/mol. The maximum absolute atomic E-state index is 12.0. The number of amides is 1. The maximum atomic E-state index is 12.0. The highest BCUT2D eigenvalue weighted by molar-refractivity contribution is 5.82. The molecule has 0 aliphatic rings. The molecule has 0 fully saturated rings. The van der Waals surface area contributed by atoms with E-state index in [1.165, 1.54) is 12.1 Å². The zero-order valence-electron chi connectivity index (χ0n) is 19.4. The summed E-state index contributed by atoms with van der Waals surface area (Å²) in [6.07, 6.45) is 0.448. The lowest BCUT2D eigenvalue weighted by Gasteiger charge is -2.28. The molecule has 0 spiro atoms. The predicted molar refractivity (Wildman–Crippen MR) is 124 cm³/mol. The normalized spacial score (nSPS) is 13.8. The summed E-state index contributed by atoms with van der Waals surface area (Å²) in [5.74, 6) is -0.763. The van der Waals surface area contributed by atoms with Gasteiger partial charge in [-0.1, -0.05) is 24.3 Å². The van der Waals surface area contributed by atoms with E-state index < -0.39 is 12.7 Å². The van der Waals surface area contributed by atoms with Gasteiger partial charge in [-0.3, -0.25) is 4.79 Å². The van der Waals surface area contributed by atoms with Gasteiger partial charge in [-0.15, -0.1) is 0 Å². The standard InChI is InChI=1S/C24H36N4O4/c1-24(2,26-14-22(31)19-8-9-21(30)20(15-29)27-19)13-16-6-5-7-17(12-16)18(23(25)32)10-11-28(3)4/h5-9,12,18,22,26,29-31H,10-11,13-15H2,1-4H3,(H2,25,32). The number of nitrogens with one attached hydrogen (secondary N) is 1. The number of hydrogen-bond acceptors (Lipinski definition) is 7. The number of carbonyl (C=O) groups excluding carboxylic acids is 1. The number of primary amides is 1. The Morgan fingerprint density at radius 1 is 1.25 bits per heavy atom. The van der Waals surface area contributed by atoms with Gasteiger partial charge in [0.1, 0.15) is 17.5 Å². The molecule has 2 rings (SSSR count). The van der Waals surface area contributed by atoms with Crippen LogP contribution in [0.5, 0.6) is 5.75 Å². The van der Waals surface area contributed by atoms with Crippen molar-refractivity contribution >= 4 is 5.91 Å². The molecule has 0 aliphatic carbocycles. The van der Waals surface area contributed by atoms with Crippen LogP contribution in [0.4, 0.5) is 0 Å². The van der Waals surface area contributed by atoms with Crippen molar-refractivity contribution < 1.29 is 20.1 Å². The SMILES string of the molecule is CN(C)CCC(C(N)=O)c1cccc(CC(C)(C)NCC(O)c2ccc(O)c(CO)n2)c1. The summed E-state index contributed by atoms with van der Waals surface area (Å²) in [7, 11) is 3.94.